The molecule has 1 aromatic heterocycles. The first-order valence-corrected chi connectivity index (χ1v) is 10.6. The van der Waals surface area contributed by atoms with Gasteiger partial charge in [0.25, 0.3) is 5.91 Å². The van der Waals surface area contributed by atoms with E-state index in [4.69, 9.17) is 4.74 Å². The topological polar surface area (TPSA) is 83.2 Å². The quantitative estimate of drug-likeness (QED) is 0.420. The highest BCUT2D eigenvalue weighted by molar-refractivity contribution is 6.02. The number of H-pyrrole nitrogens is 1. The SMILES string of the molecule is COc1ccc(-c2[nH]c3ccccc3c2CCC(=O)Nc2cccc3c2CNC3=O)cc1. The minimum Gasteiger partial charge on any atom is -0.497 e. The molecule has 0 atom stereocenters. The lowest BCUT2D eigenvalue weighted by molar-refractivity contribution is -0.116. The number of aromatic nitrogens is 1. The number of ether oxygens (including phenoxy) is 1. The Labute approximate surface area is 185 Å². The van der Waals surface area contributed by atoms with Crippen molar-refractivity contribution in [3.8, 4) is 17.0 Å². The molecule has 3 N–H and O–H groups in total. The van der Waals surface area contributed by atoms with Crippen LogP contribution in [0.25, 0.3) is 22.2 Å². The maximum atomic E-state index is 12.8. The van der Waals surface area contributed by atoms with E-state index in [2.05, 4.69) is 21.7 Å². The summed E-state index contributed by atoms with van der Waals surface area (Å²) in [6.07, 6.45) is 0.916. The third-order valence-electron chi connectivity index (χ3n) is 5.91. The second kappa shape index (κ2) is 8.23. The zero-order valence-electron chi connectivity index (χ0n) is 17.7. The number of aromatic amines is 1. The number of amides is 2. The van der Waals surface area contributed by atoms with Crippen molar-refractivity contribution in [2.24, 2.45) is 0 Å². The van der Waals surface area contributed by atoms with E-state index in [0.29, 0.717) is 30.6 Å². The molecule has 5 rings (SSSR count). The Morgan fingerprint density at radius 3 is 2.66 bits per heavy atom. The molecule has 0 saturated carbocycles. The van der Waals surface area contributed by atoms with Crippen LogP contribution in [-0.2, 0) is 17.8 Å². The molecule has 0 saturated heterocycles. The number of para-hydroxylation sites is 1. The van der Waals surface area contributed by atoms with Crippen LogP contribution in [0.3, 0.4) is 0 Å². The van der Waals surface area contributed by atoms with Crippen molar-refractivity contribution < 1.29 is 14.3 Å². The maximum absolute atomic E-state index is 12.8. The average Bonchev–Trinajstić information content (AvgIpc) is 3.39. The predicted molar refractivity (Wildman–Crippen MR) is 125 cm³/mol. The normalized spacial score (nSPS) is 12.5. The van der Waals surface area contributed by atoms with E-state index < -0.39 is 0 Å². The van der Waals surface area contributed by atoms with Gasteiger partial charge in [-0.25, -0.2) is 0 Å². The molecule has 1 aliphatic heterocycles. The van der Waals surface area contributed by atoms with Crippen molar-refractivity contribution in [3.63, 3.8) is 0 Å². The summed E-state index contributed by atoms with van der Waals surface area (Å²) in [5.41, 5.74) is 6.37. The number of fused-ring (bicyclic) bond motifs is 2. The molecule has 6 nitrogen and oxygen atoms in total. The number of anilines is 1. The summed E-state index contributed by atoms with van der Waals surface area (Å²) < 4.78 is 5.28. The Hall–Kier alpha value is -4.06. The first-order chi connectivity index (χ1) is 15.6. The Morgan fingerprint density at radius 1 is 1.03 bits per heavy atom. The molecule has 0 fully saturated rings. The summed E-state index contributed by atoms with van der Waals surface area (Å²) in [5, 5.41) is 6.91. The number of rotatable bonds is 6. The van der Waals surface area contributed by atoms with Crippen LogP contribution in [0, 0.1) is 0 Å². The van der Waals surface area contributed by atoms with Crippen LogP contribution in [0.5, 0.6) is 5.75 Å². The summed E-state index contributed by atoms with van der Waals surface area (Å²) in [5.74, 6) is 0.622. The predicted octanol–water partition coefficient (Wildman–Crippen LogP) is 4.66. The van der Waals surface area contributed by atoms with Gasteiger partial charge >= 0.3 is 0 Å². The molecule has 0 radical (unpaired) electrons. The summed E-state index contributed by atoms with van der Waals surface area (Å²) in [6.45, 7) is 0.439. The highest BCUT2D eigenvalue weighted by Crippen LogP contribution is 2.32. The lowest BCUT2D eigenvalue weighted by atomic mass is 10.0. The van der Waals surface area contributed by atoms with Gasteiger partial charge in [-0.15, -0.1) is 0 Å². The number of carbonyl (C=O) groups excluding carboxylic acids is 2. The standard InChI is InChI=1S/C26H23N3O3/c1-32-17-11-9-16(10-12-17)25-19(18-5-2-3-7-22(18)29-25)13-14-24(30)28-23-8-4-6-20-21(23)15-27-26(20)31/h2-12,29H,13-15H2,1H3,(H,27,31)(H,28,30). The first-order valence-electron chi connectivity index (χ1n) is 10.6. The fourth-order valence-electron chi connectivity index (χ4n) is 4.29. The fraction of sp³-hybridized carbons (Fsp3) is 0.154. The summed E-state index contributed by atoms with van der Waals surface area (Å²) in [7, 11) is 1.65. The zero-order valence-corrected chi connectivity index (χ0v) is 17.7. The smallest absolute Gasteiger partial charge is 0.251 e. The largest absolute Gasteiger partial charge is 0.497 e. The third-order valence-corrected chi connectivity index (χ3v) is 5.91. The molecule has 0 aliphatic carbocycles. The van der Waals surface area contributed by atoms with Gasteiger partial charge in [-0.1, -0.05) is 24.3 Å². The second-order valence-corrected chi connectivity index (χ2v) is 7.82. The molecular weight excluding hydrogens is 402 g/mol. The molecule has 6 heteroatoms. The van der Waals surface area contributed by atoms with Crippen molar-refractivity contribution in [3.05, 3.63) is 83.4 Å². The van der Waals surface area contributed by atoms with Gasteiger partial charge in [0.05, 0.1) is 7.11 Å². The molecule has 2 heterocycles. The Balaban J connectivity index is 1.39. The first kappa shape index (κ1) is 19.9. The molecule has 3 aromatic carbocycles. The summed E-state index contributed by atoms with van der Waals surface area (Å²) >= 11 is 0. The number of hydrogen-bond acceptors (Lipinski definition) is 3. The third kappa shape index (κ3) is 3.60. The van der Waals surface area contributed by atoms with Gasteiger partial charge < -0.3 is 20.4 Å². The van der Waals surface area contributed by atoms with E-state index in [-0.39, 0.29) is 11.8 Å². The fourth-order valence-corrected chi connectivity index (χ4v) is 4.29. The van der Waals surface area contributed by atoms with Gasteiger partial charge in [-0.05, 0) is 60.0 Å². The number of benzene rings is 3. The maximum Gasteiger partial charge on any atom is 0.251 e. The van der Waals surface area contributed by atoms with Crippen molar-refractivity contribution in [2.45, 2.75) is 19.4 Å². The van der Waals surface area contributed by atoms with E-state index in [9.17, 15) is 9.59 Å². The molecular formula is C26H23N3O3. The van der Waals surface area contributed by atoms with E-state index in [0.717, 1.165) is 39.0 Å². The second-order valence-electron chi connectivity index (χ2n) is 7.82. The van der Waals surface area contributed by atoms with Crippen molar-refractivity contribution in [2.75, 3.05) is 12.4 Å². The number of aryl methyl sites for hydroxylation is 1. The van der Waals surface area contributed by atoms with Gasteiger partial charge in [-0.3, -0.25) is 9.59 Å². The van der Waals surface area contributed by atoms with Crippen LogP contribution in [0.1, 0.15) is 27.9 Å². The van der Waals surface area contributed by atoms with Crippen LogP contribution in [0.4, 0.5) is 5.69 Å². The van der Waals surface area contributed by atoms with Crippen LogP contribution >= 0.6 is 0 Å². The van der Waals surface area contributed by atoms with E-state index in [1.807, 2.05) is 48.5 Å². The summed E-state index contributed by atoms with van der Waals surface area (Å²) in [6, 6.07) is 21.4. The summed E-state index contributed by atoms with van der Waals surface area (Å²) in [4.78, 5) is 28.2. The van der Waals surface area contributed by atoms with Gasteiger partial charge in [-0.2, -0.15) is 0 Å². The van der Waals surface area contributed by atoms with Gasteiger partial charge in [0.1, 0.15) is 5.75 Å². The lowest BCUT2D eigenvalue weighted by Crippen LogP contribution is -2.14. The molecule has 0 unspecified atom stereocenters. The molecule has 0 bridgehead atoms. The van der Waals surface area contributed by atoms with E-state index in [1.54, 1.807) is 19.2 Å². The highest BCUT2D eigenvalue weighted by Gasteiger charge is 2.22. The van der Waals surface area contributed by atoms with E-state index >= 15 is 0 Å². The lowest BCUT2D eigenvalue weighted by Gasteiger charge is -2.10. The highest BCUT2D eigenvalue weighted by atomic mass is 16.5. The number of hydrogen-bond donors (Lipinski definition) is 3. The minimum atomic E-state index is -0.0981. The van der Waals surface area contributed by atoms with Gasteiger partial charge in [0.2, 0.25) is 5.91 Å². The van der Waals surface area contributed by atoms with Crippen LogP contribution in [0.2, 0.25) is 0 Å². The average molecular weight is 425 g/mol. The zero-order chi connectivity index (χ0) is 22.1. The van der Waals surface area contributed by atoms with Crippen LogP contribution < -0.4 is 15.4 Å². The van der Waals surface area contributed by atoms with E-state index in [1.165, 1.54) is 0 Å². The Bertz CT molecular complexity index is 1320. The molecule has 4 aromatic rings. The number of methoxy groups -OCH3 is 1. The Morgan fingerprint density at radius 2 is 1.84 bits per heavy atom. The monoisotopic (exact) mass is 425 g/mol. The van der Waals surface area contributed by atoms with Crippen molar-refractivity contribution in [1.82, 2.24) is 10.3 Å². The number of carbonyl (C=O) groups is 2. The van der Waals surface area contributed by atoms with Crippen LogP contribution in [0.15, 0.2) is 66.7 Å². The molecule has 32 heavy (non-hydrogen) atoms. The van der Waals surface area contributed by atoms with Gasteiger partial charge in [0, 0.05) is 46.4 Å². The van der Waals surface area contributed by atoms with Crippen molar-refractivity contribution >= 4 is 28.4 Å². The minimum absolute atomic E-state index is 0.0799. The van der Waals surface area contributed by atoms with Crippen molar-refractivity contribution in [1.29, 1.82) is 0 Å². The molecule has 1 aliphatic rings. The Kier molecular flexibility index (Phi) is 5.11. The van der Waals surface area contributed by atoms with Gasteiger partial charge in [0.15, 0.2) is 0 Å². The molecule has 160 valence electrons. The molecule has 0 spiro atoms. The number of nitrogens with one attached hydrogen (secondary N) is 3. The molecule has 2 amide bonds. The van der Waals surface area contributed by atoms with Crippen LogP contribution in [-0.4, -0.2) is 23.9 Å².